The van der Waals surface area contributed by atoms with E-state index in [4.69, 9.17) is 9.47 Å². The molecule has 0 saturated heterocycles. The zero-order valence-corrected chi connectivity index (χ0v) is 21.3. The summed E-state index contributed by atoms with van der Waals surface area (Å²) in [4.78, 5) is 23.6. The maximum absolute atomic E-state index is 11.8. The molecule has 5 rings (SSSR count). The second-order valence-corrected chi connectivity index (χ2v) is 9.54. The van der Waals surface area contributed by atoms with E-state index < -0.39 is 0 Å². The minimum absolute atomic E-state index is 0.126. The summed E-state index contributed by atoms with van der Waals surface area (Å²) < 4.78 is 11.6. The molecule has 0 aromatic heterocycles. The predicted molar refractivity (Wildman–Crippen MR) is 144 cm³/mol. The monoisotopic (exact) mass is 508 g/mol. The number of phenols is 2. The van der Waals surface area contributed by atoms with Crippen LogP contribution in [0, 0.1) is 0 Å². The van der Waals surface area contributed by atoms with E-state index in [1.54, 1.807) is 38.5 Å². The molecule has 6 nitrogen and oxygen atoms in total. The Bertz CT molecular complexity index is 1340. The van der Waals surface area contributed by atoms with E-state index in [-0.39, 0.29) is 11.5 Å². The number of hydrogen-bond donors (Lipinski definition) is 2. The molecule has 0 unspecified atom stereocenters. The first-order valence-corrected chi connectivity index (χ1v) is 12.3. The maximum Gasteiger partial charge on any atom is 0.150 e. The van der Waals surface area contributed by atoms with Gasteiger partial charge in [0.2, 0.25) is 0 Å². The summed E-state index contributed by atoms with van der Waals surface area (Å²) in [6.07, 6.45) is 2.90. The highest BCUT2D eigenvalue weighted by Crippen LogP contribution is 2.38. The molecule has 192 valence electrons. The largest absolute Gasteiger partial charge is 0.507 e. The number of carbonyl (C=O) groups excluding carboxylic acids is 2. The van der Waals surface area contributed by atoms with Gasteiger partial charge in [0.05, 0.1) is 14.2 Å². The van der Waals surface area contributed by atoms with Crippen LogP contribution in [0.3, 0.4) is 0 Å². The van der Waals surface area contributed by atoms with Crippen molar-refractivity contribution in [2.24, 2.45) is 0 Å². The average Bonchev–Trinajstić information content (AvgIpc) is 2.92. The molecule has 0 heterocycles. The van der Waals surface area contributed by atoms with Crippen LogP contribution in [0.4, 0.5) is 0 Å². The number of benzene rings is 4. The summed E-state index contributed by atoms with van der Waals surface area (Å²) in [5.41, 5.74) is 6.68. The normalized spacial score (nSPS) is 12.5. The summed E-state index contributed by atoms with van der Waals surface area (Å²) in [6.45, 7) is 0. The van der Waals surface area contributed by atoms with Crippen molar-refractivity contribution < 1.29 is 29.3 Å². The Morgan fingerprint density at radius 2 is 0.842 bits per heavy atom. The number of ether oxygens (including phenoxy) is 2. The molecule has 0 saturated carbocycles. The first kappa shape index (κ1) is 25.1. The molecule has 6 heteroatoms. The van der Waals surface area contributed by atoms with E-state index in [0.717, 1.165) is 34.8 Å². The highest BCUT2D eigenvalue weighted by atomic mass is 16.5. The average molecular weight is 509 g/mol. The van der Waals surface area contributed by atoms with Crippen LogP contribution in [-0.2, 0) is 25.7 Å². The van der Waals surface area contributed by atoms with Gasteiger partial charge in [-0.2, -0.15) is 0 Å². The second-order valence-electron chi connectivity index (χ2n) is 9.54. The number of carbonyl (C=O) groups is 2. The lowest BCUT2D eigenvalue weighted by molar-refractivity contribution is 0.111. The van der Waals surface area contributed by atoms with Gasteiger partial charge in [-0.05, 0) is 68.8 Å². The Labute approximate surface area is 221 Å². The third-order valence-corrected chi connectivity index (χ3v) is 7.14. The topological polar surface area (TPSA) is 93.1 Å². The molecule has 4 aromatic carbocycles. The molecule has 0 amide bonds. The van der Waals surface area contributed by atoms with Crippen molar-refractivity contribution in [3.8, 4) is 23.0 Å². The molecule has 1 aliphatic carbocycles. The predicted octanol–water partition coefficient (Wildman–Crippen LogP) is 5.42. The lowest BCUT2D eigenvalue weighted by atomic mass is 9.90. The van der Waals surface area contributed by atoms with Gasteiger partial charge < -0.3 is 19.7 Å². The molecule has 0 fully saturated rings. The zero-order chi connectivity index (χ0) is 26.8. The Morgan fingerprint density at radius 1 is 0.553 bits per heavy atom. The summed E-state index contributed by atoms with van der Waals surface area (Å²) in [6, 6.07) is 18.2. The number of aldehydes is 2. The third-order valence-electron chi connectivity index (χ3n) is 7.14. The number of aromatic hydroxyl groups is 2. The van der Waals surface area contributed by atoms with Crippen molar-refractivity contribution in [1.82, 2.24) is 0 Å². The van der Waals surface area contributed by atoms with E-state index in [9.17, 15) is 19.8 Å². The van der Waals surface area contributed by atoms with Crippen LogP contribution < -0.4 is 9.47 Å². The molecule has 0 aliphatic heterocycles. The van der Waals surface area contributed by atoms with Crippen LogP contribution in [0.2, 0.25) is 0 Å². The number of phenolic OH excluding ortho intramolecular Hbond substituents is 2. The van der Waals surface area contributed by atoms with Gasteiger partial charge in [0.15, 0.2) is 0 Å². The Hall–Kier alpha value is -4.58. The molecule has 38 heavy (non-hydrogen) atoms. The van der Waals surface area contributed by atoms with Crippen molar-refractivity contribution in [1.29, 1.82) is 0 Å². The van der Waals surface area contributed by atoms with E-state index in [2.05, 4.69) is 0 Å². The molecular formula is C32H28O6. The minimum Gasteiger partial charge on any atom is -0.507 e. The number of fused-ring (bicyclic) bond motifs is 8. The van der Waals surface area contributed by atoms with Gasteiger partial charge in [-0.25, -0.2) is 0 Å². The van der Waals surface area contributed by atoms with Gasteiger partial charge >= 0.3 is 0 Å². The van der Waals surface area contributed by atoms with E-state index in [1.165, 1.54) is 0 Å². The molecular weight excluding hydrogens is 480 g/mol. The van der Waals surface area contributed by atoms with Crippen LogP contribution in [-0.4, -0.2) is 37.0 Å². The highest BCUT2D eigenvalue weighted by molar-refractivity contribution is 5.78. The van der Waals surface area contributed by atoms with Crippen LogP contribution in [0.1, 0.15) is 65.2 Å². The summed E-state index contributed by atoms with van der Waals surface area (Å²) in [5.74, 6) is 1.50. The first-order chi connectivity index (χ1) is 18.4. The molecule has 2 N–H and O–H groups in total. The number of rotatable bonds is 4. The van der Waals surface area contributed by atoms with Crippen molar-refractivity contribution in [3.05, 3.63) is 116 Å². The van der Waals surface area contributed by atoms with Crippen molar-refractivity contribution in [3.63, 3.8) is 0 Å². The van der Waals surface area contributed by atoms with Crippen LogP contribution in [0.25, 0.3) is 0 Å². The van der Waals surface area contributed by atoms with Crippen molar-refractivity contribution >= 4 is 12.6 Å². The van der Waals surface area contributed by atoms with Crippen molar-refractivity contribution in [2.45, 2.75) is 25.7 Å². The van der Waals surface area contributed by atoms with Gasteiger partial charge in [-0.3, -0.25) is 9.59 Å². The molecule has 4 aromatic rings. The van der Waals surface area contributed by atoms with Crippen LogP contribution in [0.5, 0.6) is 23.0 Å². The molecule has 1 aliphatic rings. The number of hydrogen-bond acceptors (Lipinski definition) is 6. The SMILES string of the molecule is COc1c2cccc1Cc1cc(C=O)cc(c1O)Cc1cccc(c1OC)Cc1cc(C=O)cc(c1O)C2. The van der Waals surface area contributed by atoms with E-state index >= 15 is 0 Å². The number of methoxy groups -OCH3 is 2. The fraction of sp³-hybridized carbons (Fsp3) is 0.188. The lowest BCUT2D eigenvalue weighted by Gasteiger charge is -2.19. The molecule has 8 bridgehead atoms. The zero-order valence-electron chi connectivity index (χ0n) is 21.3. The van der Waals surface area contributed by atoms with Crippen LogP contribution >= 0.6 is 0 Å². The fourth-order valence-electron chi connectivity index (χ4n) is 5.43. The van der Waals surface area contributed by atoms with Gasteiger partial charge in [0, 0.05) is 36.8 Å². The maximum atomic E-state index is 11.8. The van der Waals surface area contributed by atoms with E-state index in [1.807, 2.05) is 36.4 Å². The van der Waals surface area contributed by atoms with Gasteiger partial charge in [-0.15, -0.1) is 0 Å². The third kappa shape index (κ3) is 4.61. The number of para-hydroxylation sites is 2. The first-order valence-electron chi connectivity index (χ1n) is 12.3. The Morgan fingerprint density at radius 3 is 1.08 bits per heavy atom. The second kappa shape index (κ2) is 10.4. The Balaban J connectivity index is 1.79. The van der Waals surface area contributed by atoms with Gasteiger partial charge in [0.1, 0.15) is 35.6 Å². The smallest absolute Gasteiger partial charge is 0.150 e. The molecule has 0 radical (unpaired) electrons. The summed E-state index contributed by atoms with van der Waals surface area (Å²) >= 11 is 0. The fourth-order valence-corrected chi connectivity index (χ4v) is 5.43. The standard InChI is InChI=1S/C32H28O6/c1-37-31-21-5-3-6-22(31)14-26-10-20(18-34)12-28(30(26)36)16-24-8-4-7-23(32(24)38-2)15-27-11-19(17-33)9-25(13-21)29(27)35/h3-12,17-18,35-36H,13-16H2,1-2H3. The minimum atomic E-state index is 0.126. The summed E-state index contributed by atoms with van der Waals surface area (Å²) in [5, 5.41) is 22.6. The quantitative estimate of drug-likeness (QED) is 0.315. The van der Waals surface area contributed by atoms with Gasteiger partial charge in [-0.1, -0.05) is 36.4 Å². The van der Waals surface area contributed by atoms with Gasteiger partial charge in [0.25, 0.3) is 0 Å². The summed E-state index contributed by atoms with van der Waals surface area (Å²) in [7, 11) is 3.17. The van der Waals surface area contributed by atoms with E-state index in [0.29, 0.717) is 70.6 Å². The lowest BCUT2D eigenvalue weighted by Crippen LogP contribution is -2.05. The molecule has 0 atom stereocenters. The van der Waals surface area contributed by atoms with Crippen molar-refractivity contribution in [2.75, 3.05) is 14.2 Å². The Kier molecular flexibility index (Phi) is 6.88. The molecule has 0 spiro atoms. The highest BCUT2D eigenvalue weighted by Gasteiger charge is 2.20. The van der Waals surface area contributed by atoms with Crippen LogP contribution in [0.15, 0.2) is 60.7 Å².